The van der Waals surface area contributed by atoms with Gasteiger partial charge in [0, 0.05) is 4.90 Å². The van der Waals surface area contributed by atoms with Crippen molar-refractivity contribution in [2.24, 2.45) is 0 Å². The quantitative estimate of drug-likeness (QED) is 0.544. The molecular formula is C11H8N2S. The van der Waals surface area contributed by atoms with Crippen LogP contribution in [-0.4, -0.2) is 6.26 Å². The van der Waals surface area contributed by atoms with Gasteiger partial charge in [0.1, 0.15) is 17.7 Å². The molecule has 0 aliphatic carbocycles. The predicted molar refractivity (Wildman–Crippen MR) is 57.4 cm³/mol. The molecule has 68 valence electrons. The summed E-state index contributed by atoms with van der Waals surface area (Å²) < 4.78 is 0. The second-order valence-corrected chi connectivity index (χ2v) is 3.37. The van der Waals surface area contributed by atoms with Gasteiger partial charge in [0.15, 0.2) is 0 Å². The predicted octanol–water partition coefficient (Wildman–Crippen LogP) is 2.84. The van der Waals surface area contributed by atoms with E-state index in [1.165, 1.54) is 0 Å². The van der Waals surface area contributed by atoms with E-state index in [0.29, 0.717) is 0 Å². The highest BCUT2D eigenvalue weighted by Crippen LogP contribution is 2.21. The van der Waals surface area contributed by atoms with Crippen molar-refractivity contribution in [1.29, 1.82) is 10.5 Å². The summed E-state index contributed by atoms with van der Waals surface area (Å²) in [6.45, 7) is 0. The van der Waals surface area contributed by atoms with Gasteiger partial charge in [-0.25, -0.2) is 0 Å². The van der Waals surface area contributed by atoms with Crippen LogP contribution in [0.15, 0.2) is 34.7 Å². The Labute approximate surface area is 87.5 Å². The molecule has 0 amide bonds. The van der Waals surface area contributed by atoms with Crippen molar-refractivity contribution >= 4 is 17.8 Å². The molecule has 0 aromatic heterocycles. The largest absolute Gasteiger partial charge is 0.192 e. The van der Waals surface area contributed by atoms with Gasteiger partial charge in [-0.05, 0) is 24.0 Å². The molecule has 1 rings (SSSR count). The Kier molecular flexibility index (Phi) is 3.79. The third kappa shape index (κ3) is 2.39. The average molecular weight is 200 g/mol. The highest BCUT2D eigenvalue weighted by atomic mass is 32.2. The summed E-state index contributed by atoms with van der Waals surface area (Å²) in [7, 11) is 0. The molecule has 0 fully saturated rings. The van der Waals surface area contributed by atoms with E-state index in [0.717, 1.165) is 10.5 Å². The maximum atomic E-state index is 8.60. The van der Waals surface area contributed by atoms with Gasteiger partial charge >= 0.3 is 0 Å². The van der Waals surface area contributed by atoms with Crippen LogP contribution in [0.2, 0.25) is 0 Å². The molecule has 0 spiro atoms. The fourth-order valence-corrected chi connectivity index (χ4v) is 1.61. The van der Waals surface area contributed by atoms with Crippen molar-refractivity contribution in [3.63, 3.8) is 0 Å². The number of nitriles is 2. The van der Waals surface area contributed by atoms with Crippen molar-refractivity contribution < 1.29 is 0 Å². The summed E-state index contributed by atoms with van der Waals surface area (Å²) in [6.07, 6.45) is 3.57. The van der Waals surface area contributed by atoms with Crippen LogP contribution >= 0.6 is 11.8 Å². The summed E-state index contributed by atoms with van der Waals surface area (Å²) in [5, 5.41) is 17.2. The van der Waals surface area contributed by atoms with E-state index in [1.807, 2.05) is 42.7 Å². The van der Waals surface area contributed by atoms with Crippen LogP contribution in [0.25, 0.3) is 6.08 Å². The molecule has 1 aromatic rings. The normalized spacial score (nSPS) is 8.50. The van der Waals surface area contributed by atoms with Crippen LogP contribution in [0.1, 0.15) is 5.56 Å². The molecule has 0 N–H and O–H groups in total. The van der Waals surface area contributed by atoms with E-state index >= 15 is 0 Å². The molecule has 2 nitrogen and oxygen atoms in total. The Bertz CT molecular complexity index is 419. The molecule has 0 saturated heterocycles. The highest BCUT2D eigenvalue weighted by molar-refractivity contribution is 7.98. The minimum absolute atomic E-state index is 0.131. The molecule has 0 saturated carbocycles. The van der Waals surface area contributed by atoms with Crippen LogP contribution in [-0.2, 0) is 0 Å². The van der Waals surface area contributed by atoms with Crippen LogP contribution < -0.4 is 0 Å². The van der Waals surface area contributed by atoms with Crippen molar-refractivity contribution in [3.05, 3.63) is 35.4 Å². The first-order chi connectivity index (χ1) is 6.81. The molecule has 0 atom stereocenters. The molecule has 0 unspecified atom stereocenters. The molecule has 0 bridgehead atoms. The molecule has 0 heterocycles. The summed E-state index contributed by atoms with van der Waals surface area (Å²) in [5.41, 5.74) is 1.05. The third-order valence-electron chi connectivity index (χ3n) is 1.68. The second-order valence-electron chi connectivity index (χ2n) is 2.52. The van der Waals surface area contributed by atoms with E-state index in [4.69, 9.17) is 10.5 Å². The van der Waals surface area contributed by atoms with Crippen LogP contribution in [0.4, 0.5) is 0 Å². The van der Waals surface area contributed by atoms with Gasteiger partial charge in [0.25, 0.3) is 0 Å². The number of rotatable bonds is 2. The van der Waals surface area contributed by atoms with Gasteiger partial charge < -0.3 is 0 Å². The number of benzene rings is 1. The Morgan fingerprint density at radius 2 is 1.93 bits per heavy atom. The summed E-state index contributed by atoms with van der Waals surface area (Å²) >= 11 is 1.59. The lowest BCUT2D eigenvalue weighted by Crippen LogP contribution is -1.79. The second kappa shape index (κ2) is 5.11. The van der Waals surface area contributed by atoms with E-state index in [1.54, 1.807) is 17.8 Å². The summed E-state index contributed by atoms with van der Waals surface area (Å²) in [4.78, 5) is 1.07. The first-order valence-electron chi connectivity index (χ1n) is 3.96. The fraction of sp³-hybridized carbons (Fsp3) is 0.0909. The van der Waals surface area contributed by atoms with E-state index in [9.17, 15) is 0 Å². The number of hydrogen-bond acceptors (Lipinski definition) is 3. The van der Waals surface area contributed by atoms with Crippen LogP contribution in [0, 0.1) is 22.7 Å². The van der Waals surface area contributed by atoms with Gasteiger partial charge in [-0.1, -0.05) is 18.2 Å². The molecular weight excluding hydrogens is 192 g/mol. The zero-order valence-electron chi connectivity index (χ0n) is 7.69. The van der Waals surface area contributed by atoms with Gasteiger partial charge in [-0.2, -0.15) is 10.5 Å². The minimum atomic E-state index is 0.131. The highest BCUT2D eigenvalue weighted by Gasteiger charge is 1.99. The Morgan fingerprint density at radius 3 is 2.50 bits per heavy atom. The van der Waals surface area contributed by atoms with Crippen LogP contribution in [0.3, 0.4) is 0 Å². The lowest BCUT2D eigenvalue weighted by Gasteiger charge is -2.00. The first kappa shape index (κ1) is 10.4. The van der Waals surface area contributed by atoms with Gasteiger partial charge in [-0.15, -0.1) is 11.8 Å². The number of thioether (sulfide) groups is 1. The average Bonchev–Trinajstić information content (AvgIpc) is 2.26. The van der Waals surface area contributed by atoms with Crippen molar-refractivity contribution in [2.75, 3.05) is 6.26 Å². The zero-order valence-corrected chi connectivity index (χ0v) is 8.51. The SMILES string of the molecule is CSc1ccccc1C=C(C#N)C#N. The van der Waals surface area contributed by atoms with Crippen molar-refractivity contribution in [2.45, 2.75) is 4.90 Å². The number of hydrogen-bond donors (Lipinski definition) is 0. The minimum Gasteiger partial charge on any atom is -0.192 e. The van der Waals surface area contributed by atoms with Crippen molar-refractivity contribution in [1.82, 2.24) is 0 Å². The van der Waals surface area contributed by atoms with E-state index in [2.05, 4.69) is 0 Å². The van der Waals surface area contributed by atoms with Gasteiger partial charge in [0.05, 0.1) is 0 Å². The van der Waals surface area contributed by atoms with Crippen LogP contribution in [0.5, 0.6) is 0 Å². The van der Waals surface area contributed by atoms with Gasteiger partial charge in [-0.3, -0.25) is 0 Å². The van der Waals surface area contributed by atoms with E-state index in [-0.39, 0.29) is 5.57 Å². The Balaban J connectivity index is 3.16. The fourth-order valence-electron chi connectivity index (χ4n) is 1.03. The molecule has 0 aliphatic heterocycles. The third-order valence-corrected chi connectivity index (χ3v) is 2.49. The monoisotopic (exact) mass is 200 g/mol. The van der Waals surface area contributed by atoms with Gasteiger partial charge in [0.2, 0.25) is 0 Å². The smallest absolute Gasteiger partial charge is 0.130 e. The van der Waals surface area contributed by atoms with Crippen molar-refractivity contribution in [3.8, 4) is 12.1 Å². The molecule has 0 aliphatic rings. The molecule has 0 radical (unpaired) electrons. The molecule has 14 heavy (non-hydrogen) atoms. The maximum absolute atomic E-state index is 8.60. The molecule has 1 aromatic carbocycles. The summed E-state index contributed by atoms with van der Waals surface area (Å²) in [5.74, 6) is 0. The number of nitrogens with zero attached hydrogens (tertiary/aromatic N) is 2. The summed E-state index contributed by atoms with van der Waals surface area (Å²) in [6, 6.07) is 11.4. The molecule has 3 heteroatoms. The van der Waals surface area contributed by atoms with E-state index < -0.39 is 0 Å². The first-order valence-corrected chi connectivity index (χ1v) is 5.19. The topological polar surface area (TPSA) is 47.6 Å². The lowest BCUT2D eigenvalue weighted by molar-refractivity contribution is 1.41. The zero-order chi connectivity index (χ0) is 10.4. The standard InChI is InChI=1S/C11H8N2S/c1-14-11-5-3-2-4-10(11)6-9(7-12)8-13/h2-6H,1H3. The number of allylic oxidation sites excluding steroid dienone is 1. The lowest BCUT2D eigenvalue weighted by atomic mass is 10.1. The Hall–Kier alpha value is -1.71. The Morgan fingerprint density at radius 1 is 1.29 bits per heavy atom. The maximum Gasteiger partial charge on any atom is 0.130 e.